The zero-order chi connectivity index (χ0) is 15.1. The molecule has 106 valence electrons. The van der Waals surface area contributed by atoms with Gasteiger partial charge in [0.25, 0.3) is 0 Å². The second-order valence-electron chi connectivity index (χ2n) is 5.19. The first-order valence-corrected chi connectivity index (χ1v) is 7.33. The Bertz CT molecular complexity index is 634. The van der Waals surface area contributed by atoms with E-state index in [1.165, 1.54) is 5.56 Å². The molecule has 0 N–H and O–H groups in total. The van der Waals surface area contributed by atoms with E-state index in [1.807, 2.05) is 30.3 Å². The fraction of sp³-hybridized carbons (Fsp3) is 0.263. The third-order valence-electron chi connectivity index (χ3n) is 3.73. The minimum atomic E-state index is 0.488. The van der Waals surface area contributed by atoms with Crippen LogP contribution in [0.3, 0.4) is 0 Å². The van der Waals surface area contributed by atoms with Crippen molar-refractivity contribution in [1.29, 1.82) is 5.26 Å². The van der Waals surface area contributed by atoms with E-state index in [0.717, 1.165) is 17.5 Å². The first-order valence-electron chi connectivity index (χ1n) is 7.33. The molecule has 0 heterocycles. The molecule has 21 heavy (non-hydrogen) atoms. The highest BCUT2D eigenvalue weighted by molar-refractivity contribution is 6.11. The highest BCUT2D eigenvalue weighted by Gasteiger charge is 2.03. The minimum absolute atomic E-state index is 0.488. The molecule has 0 spiro atoms. The van der Waals surface area contributed by atoms with Gasteiger partial charge in [0.2, 0.25) is 0 Å². The molecule has 0 aromatic heterocycles. The third-order valence-corrected chi connectivity index (χ3v) is 3.73. The molecular weight excluding hydrogens is 256 g/mol. The van der Waals surface area contributed by atoms with Gasteiger partial charge in [0.05, 0.1) is 6.54 Å². The average molecular weight is 276 g/mol. The molecule has 2 heteroatoms. The molecule has 1 unspecified atom stereocenters. The summed E-state index contributed by atoms with van der Waals surface area (Å²) in [5.41, 5.74) is 3.84. The van der Waals surface area contributed by atoms with Gasteiger partial charge < -0.3 is 0 Å². The smallest absolute Gasteiger partial charge is 0.142 e. The van der Waals surface area contributed by atoms with Crippen LogP contribution in [-0.2, 0) is 6.54 Å². The van der Waals surface area contributed by atoms with Crippen molar-refractivity contribution in [2.45, 2.75) is 32.7 Å². The summed E-state index contributed by atoms with van der Waals surface area (Å²) in [7, 11) is 0. The van der Waals surface area contributed by atoms with E-state index in [-0.39, 0.29) is 0 Å². The summed E-state index contributed by atoms with van der Waals surface area (Å²) >= 11 is 0. The second-order valence-corrected chi connectivity index (χ2v) is 5.19. The number of nitrogens with zero attached hydrogens (tertiary/aromatic N) is 2. The highest BCUT2D eigenvalue weighted by Crippen LogP contribution is 2.19. The van der Waals surface area contributed by atoms with E-state index < -0.39 is 0 Å². The molecular formula is C19H20N2. The Morgan fingerprint density at radius 3 is 2.33 bits per heavy atom. The summed E-state index contributed by atoms with van der Waals surface area (Å²) in [6, 6.07) is 20.3. The molecule has 0 bridgehead atoms. The van der Waals surface area contributed by atoms with Crippen LogP contribution in [0.1, 0.15) is 42.9 Å². The van der Waals surface area contributed by atoms with E-state index in [1.54, 1.807) is 0 Å². The maximum absolute atomic E-state index is 9.23. The predicted molar refractivity (Wildman–Crippen MR) is 87.4 cm³/mol. The topological polar surface area (TPSA) is 36.1 Å². The Hall–Kier alpha value is -2.40. The van der Waals surface area contributed by atoms with Crippen LogP contribution < -0.4 is 0 Å². The van der Waals surface area contributed by atoms with Crippen LogP contribution in [0.25, 0.3) is 0 Å². The SMILES string of the molecule is CCC(C)c1ccc(CN=C(C#N)c2ccccc2)cc1. The molecule has 0 saturated carbocycles. The number of hydrogen-bond donors (Lipinski definition) is 0. The molecule has 0 fully saturated rings. The summed E-state index contributed by atoms with van der Waals surface area (Å²) in [4.78, 5) is 4.43. The van der Waals surface area contributed by atoms with Gasteiger partial charge in [0.1, 0.15) is 11.8 Å². The highest BCUT2D eigenvalue weighted by atomic mass is 14.7. The van der Waals surface area contributed by atoms with Gasteiger partial charge in [-0.25, -0.2) is 0 Å². The van der Waals surface area contributed by atoms with Crippen molar-refractivity contribution in [2.75, 3.05) is 0 Å². The lowest BCUT2D eigenvalue weighted by Crippen LogP contribution is -1.98. The van der Waals surface area contributed by atoms with Crippen LogP contribution in [0.5, 0.6) is 0 Å². The Morgan fingerprint density at radius 1 is 1.10 bits per heavy atom. The van der Waals surface area contributed by atoms with Gasteiger partial charge in [-0.3, -0.25) is 4.99 Å². The fourth-order valence-electron chi connectivity index (χ4n) is 2.14. The van der Waals surface area contributed by atoms with E-state index in [4.69, 9.17) is 0 Å². The van der Waals surface area contributed by atoms with Crippen LogP contribution >= 0.6 is 0 Å². The van der Waals surface area contributed by atoms with Crippen molar-refractivity contribution in [3.8, 4) is 6.07 Å². The fourth-order valence-corrected chi connectivity index (χ4v) is 2.14. The molecule has 0 radical (unpaired) electrons. The number of nitriles is 1. The molecule has 0 saturated heterocycles. The Labute approximate surface area is 126 Å². The Kier molecular flexibility index (Phi) is 5.29. The number of hydrogen-bond acceptors (Lipinski definition) is 2. The number of aliphatic imine (C=N–C) groups is 1. The average Bonchev–Trinajstić information content (AvgIpc) is 2.56. The molecule has 0 aliphatic heterocycles. The van der Waals surface area contributed by atoms with Crippen molar-refractivity contribution < 1.29 is 0 Å². The van der Waals surface area contributed by atoms with Gasteiger partial charge in [-0.15, -0.1) is 0 Å². The summed E-state index contributed by atoms with van der Waals surface area (Å²) < 4.78 is 0. The van der Waals surface area contributed by atoms with Crippen LogP contribution in [0, 0.1) is 11.3 Å². The first kappa shape index (κ1) is 15.0. The van der Waals surface area contributed by atoms with Gasteiger partial charge in [-0.2, -0.15) is 5.26 Å². The monoisotopic (exact) mass is 276 g/mol. The van der Waals surface area contributed by atoms with Crippen molar-refractivity contribution in [3.63, 3.8) is 0 Å². The van der Waals surface area contributed by atoms with Gasteiger partial charge in [0, 0.05) is 5.56 Å². The molecule has 0 amide bonds. The van der Waals surface area contributed by atoms with Crippen LogP contribution in [0.4, 0.5) is 0 Å². The summed E-state index contributed by atoms with van der Waals surface area (Å²) in [6.45, 7) is 4.97. The summed E-state index contributed by atoms with van der Waals surface area (Å²) in [6.07, 6.45) is 1.14. The molecule has 2 nitrogen and oxygen atoms in total. The van der Waals surface area contributed by atoms with Gasteiger partial charge >= 0.3 is 0 Å². The quantitative estimate of drug-likeness (QED) is 0.728. The zero-order valence-corrected chi connectivity index (χ0v) is 12.6. The summed E-state index contributed by atoms with van der Waals surface area (Å²) in [5.74, 6) is 0.585. The number of benzene rings is 2. The maximum Gasteiger partial charge on any atom is 0.142 e. The Morgan fingerprint density at radius 2 is 1.76 bits per heavy atom. The van der Waals surface area contributed by atoms with Crippen molar-refractivity contribution >= 4 is 5.71 Å². The molecule has 2 aromatic carbocycles. The predicted octanol–water partition coefficient (Wildman–Crippen LogP) is 4.71. The molecule has 0 aliphatic carbocycles. The van der Waals surface area contributed by atoms with Crippen molar-refractivity contribution in [2.24, 2.45) is 4.99 Å². The van der Waals surface area contributed by atoms with E-state index in [2.05, 4.69) is 49.2 Å². The standard InChI is InChI=1S/C19H20N2/c1-3-15(2)17-11-9-16(10-12-17)14-21-19(13-20)18-7-5-4-6-8-18/h4-12,15H,3,14H2,1-2H3. The normalized spacial score (nSPS) is 12.7. The zero-order valence-electron chi connectivity index (χ0n) is 12.6. The maximum atomic E-state index is 9.23. The van der Waals surface area contributed by atoms with Crippen LogP contribution in [0.2, 0.25) is 0 Å². The number of rotatable bonds is 5. The van der Waals surface area contributed by atoms with E-state index >= 15 is 0 Å². The second kappa shape index (κ2) is 7.40. The lowest BCUT2D eigenvalue weighted by atomic mass is 9.98. The molecule has 0 aliphatic rings. The van der Waals surface area contributed by atoms with Crippen molar-refractivity contribution in [3.05, 3.63) is 71.3 Å². The van der Waals surface area contributed by atoms with Gasteiger partial charge in [-0.1, -0.05) is 68.4 Å². The van der Waals surface area contributed by atoms with Crippen LogP contribution in [0.15, 0.2) is 59.6 Å². The molecule has 2 rings (SSSR count). The minimum Gasteiger partial charge on any atom is -0.269 e. The van der Waals surface area contributed by atoms with Crippen LogP contribution in [-0.4, -0.2) is 5.71 Å². The van der Waals surface area contributed by atoms with Gasteiger partial charge in [-0.05, 0) is 23.5 Å². The third kappa shape index (κ3) is 4.03. The van der Waals surface area contributed by atoms with E-state index in [0.29, 0.717) is 18.2 Å². The van der Waals surface area contributed by atoms with Crippen molar-refractivity contribution in [1.82, 2.24) is 0 Å². The molecule has 2 aromatic rings. The lowest BCUT2D eigenvalue weighted by molar-refractivity contribution is 0.733. The first-order chi connectivity index (χ1) is 10.2. The Balaban J connectivity index is 2.11. The summed E-state index contributed by atoms with van der Waals surface area (Å²) in [5, 5.41) is 9.23. The van der Waals surface area contributed by atoms with E-state index in [9.17, 15) is 5.26 Å². The van der Waals surface area contributed by atoms with Gasteiger partial charge in [0.15, 0.2) is 0 Å². The lowest BCUT2D eigenvalue weighted by Gasteiger charge is -2.09. The largest absolute Gasteiger partial charge is 0.269 e. The molecule has 1 atom stereocenters.